The first kappa shape index (κ1) is 13.1. The van der Waals surface area contributed by atoms with E-state index in [0.717, 1.165) is 49.5 Å². The summed E-state index contributed by atoms with van der Waals surface area (Å²) in [5.74, 6) is 2.44. The summed E-state index contributed by atoms with van der Waals surface area (Å²) in [6.45, 7) is 0.876. The van der Waals surface area contributed by atoms with Crippen molar-refractivity contribution in [1.29, 1.82) is 0 Å². The van der Waals surface area contributed by atoms with Crippen LogP contribution in [0.1, 0.15) is 36.6 Å². The molecule has 1 aliphatic rings. The molecule has 0 aromatic carbocycles. The van der Waals surface area contributed by atoms with Crippen LogP contribution >= 0.6 is 0 Å². The van der Waals surface area contributed by atoms with E-state index >= 15 is 0 Å². The van der Waals surface area contributed by atoms with Crippen LogP contribution in [0.4, 0.5) is 5.82 Å². The number of furan rings is 1. The molecule has 0 spiro atoms. The summed E-state index contributed by atoms with van der Waals surface area (Å²) in [7, 11) is 0. The highest BCUT2D eigenvalue weighted by Gasteiger charge is 2.28. The lowest BCUT2D eigenvalue weighted by atomic mass is 9.79. The van der Waals surface area contributed by atoms with E-state index in [1.54, 1.807) is 12.6 Å². The van der Waals surface area contributed by atoms with Crippen LogP contribution < -0.4 is 11.1 Å². The first-order chi connectivity index (χ1) is 9.81. The predicted octanol–water partition coefficient (Wildman–Crippen LogP) is 2.32. The molecule has 5 nitrogen and oxygen atoms in total. The molecule has 1 fully saturated rings. The van der Waals surface area contributed by atoms with Crippen molar-refractivity contribution in [3.8, 4) is 0 Å². The molecule has 106 valence electrons. The quantitative estimate of drug-likeness (QED) is 0.789. The van der Waals surface area contributed by atoms with Crippen molar-refractivity contribution in [2.45, 2.75) is 37.6 Å². The van der Waals surface area contributed by atoms with E-state index < -0.39 is 0 Å². The predicted molar refractivity (Wildman–Crippen MR) is 77.5 cm³/mol. The molecule has 0 saturated heterocycles. The molecule has 3 rings (SSSR count). The highest BCUT2D eigenvalue weighted by Crippen LogP contribution is 2.34. The Balaban J connectivity index is 1.46. The van der Waals surface area contributed by atoms with Crippen molar-refractivity contribution in [3.05, 3.63) is 42.2 Å². The number of hydrogen-bond acceptors (Lipinski definition) is 5. The average molecular weight is 272 g/mol. The fraction of sp³-hybridized carbons (Fsp3) is 0.467. The van der Waals surface area contributed by atoms with Crippen molar-refractivity contribution < 1.29 is 4.42 Å². The molecule has 20 heavy (non-hydrogen) atoms. The maximum absolute atomic E-state index is 5.82. The van der Waals surface area contributed by atoms with E-state index in [9.17, 15) is 0 Å². The smallest absolute Gasteiger partial charge is 0.129 e. The van der Waals surface area contributed by atoms with E-state index in [2.05, 4.69) is 15.3 Å². The SMILES string of the molecule is NC1CC(c2cc(NCCCc3ccco3)ncn2)C1. The normalized spacial score (nSPS) is 21.4. The Morgan fingerprint density at radius 1 is 1.35 bits per heavy atom. The fourth-order valence-corrected chi connectivity index (χ4v) is 2.53. The molecule has 0 bridgehead atoms. The van der Waals surface area contributed by atoms with Gasteiger partial charge < -0.3 is 15.5 Å². The molecule has 2 aromatic heterocycles. The van der Waals surface area contributed by atoms with E-state index in [1.165, 1.54) is 0 Å². The van der Waals surface area contributed by atoms with Gasteiger partial charge in [0.1, 0.15) is 17.9 Å². The van der Waals surface area contributed by atoms with Crippen molar-refractivity contribution in [2.75, 3.05) is 11.9 Å². The number of anilines is 1. The zero-order valence-corrected chi connectivity index (χ0v) is 11.5. The van der Waals surface area contributed by atoms with Gasteiger partial charge >= 0.3 is 0 Å². The van der Waals surface area contributed by atoms with Crippen LogP contribution in [0.15, 0.2) is 35.2 Å². The fourth-order valence-electron chi connectivity index (χ4n) is 2.53. The van der Waals surface area contributed by atoms with Gasteiger partial charge in [0.25, 0.3) is 0 Å². The molecule has 1 saturated carbocycles. The summed E-state index contributed by atoms with van der Waals surface area (Å²) >= 11 is 0. The van der Waals surface area contributed by atoms with Crippen molar-refractivity contribution in [3.63, 3.8) is 0 Å². The Labute approximate surface area is 118 Å². The molecular weight excluding hydrogens is 252 g/mol. The maximum atomic E-state index is 5.82. The monoisotopic (exact) mass is 272 g/mol. The molecular formula is C15H20N4O. The van der Waals surface area contributed by atoms with Gasteiger partial charge in [0.15, 0.2) is 0 Å². The number of nitrogens with two attached hydrogens (primary N) is 1. The lowest BCUT2D eigenvalue weighted by molar-refractivity contribution is 0.345. The van der Waals surface area contributed by atoms with Gasteiger partial charge in [0.2, 0.25) is 0 Å². The Bertz CT molecular complexity index is 535. The van der Waals surface area contributed by atoms with Gasteiger partial charge in [-0.25, -0.2) is 9.97 Å². The molecule has 3 N–H and O–H groups in total. The second kappa shape index (κ2) is 6.05. The van der Waals surface area contributed by atoms with Gasteiger partial charge in [-0.3, -0.25) is 0 Å². The van der Waals surface area contributed by atoms with Gasteiger partial charge in [-0.1, -0.05) is 0 Å². The topological polar surface area (TPSA) is 77.0 Å². The third kappa shape index (κ3) is 3.17. The number of rotatable bonds is 6. The van der Waals surface area contributed by atoms with E-state index in [1.807, 2.05) is 18.2 Å². The van der Waals surface area contributed by atoms with Gasteiger partial charge in [-0.15, -0.1) is 0 Å². The Morgan fingerprint density at radius 3 is 3.00 bits per heavy atom. The van der Waals surface area contributed by atoms with Crippen LogP contribution in [0.25, 0.3) is 0 Å². The number of hydrogen-bond donors (Lipinski definition) is 2. The second-order valence-electron chi connectivity index (χ2n) is 5.37. The first-order valence-electron chi connectivity index (χ1n) is 7.15. The van der Waals surface area contributed by atoms with Crippen LogP contribution in [0.3, 0.4) is 0 Å². The summed E-state index contributed by atoms with van der Waals surface area (Å²) < 4.78 is 5.30. The minimum Gasteiger partial charge on any atom is -0.469 e. The summed E-state index contributed by atoms with van der Waals surface area (Å²) in [4.78, 5) is 8.60. The van der Waals surface area contributed by atoms with E-state index in [0.29, 0.717) is 12.0 Å². The number of nitrogens with zero attached hydrogens (tertiary/aromatic N) is 2. The number of nitrogens with one attached hydrogen (secondary N) is 1. The number of aromatic nitrogens is 2. The van der Waals surface area contributed by atoms with Gasteiger partial charge in [0, 0.05) is 36.7 Å². The Hall–Kier alpha value is -1.88. The third-order valence-electron chi connectivity index (χ3n) is 3.77. The van der Waals surface area contributed by atoms with Crippen LogP contribution in [-0.4, -0.2) is 22.6 Å². The first-order valence-corrected chi connectivity index (χ1v) is 7.15. The van der Waals surface area contributed by atoms with E-state index in [4.69, 9.17) is 10.2 Å². The van der Waals surface area contributed by atoms with Gasteiger partial charge in [-0.05, 0) is 31.4 Å². The summed E-state index contributed by atoms with van der Waals surface area (Å²) in [6, 6.07) is 6.31. The van der Waals surface area contributed by atoms with Crippen LogP contribution in [0.2, 0.25) is 0 Å². The van der Waals surface area contributed by atoms with Gasteiger partial charge in [0.05, 0.1) is 6.26 Å². The lowest BCUT2D eigenvalue weighted by Gasteiger charge is -2.31. The number of aryl methyl sites for hydroxylation is 1. The van der Waals surface area contributed by atoms with Crippen LogP contribution in [0.5, 0.6) is 0 Å². The molecule has 0 radical (unpaired) electrons. The van der Waals surface area contributed by atoms with Crippen molar-refractivity contribution in [1.82, 2.24) is 9.97 Å². The van der Waals surface area contributed by atoms with E-state index in [-0.39, 0.29) is 0 Å². The molecule has 0 amide bonds. The summed E-state index contributed by atoms with van der Waals surface area (Å²) in [6.07, 6.45) is 7.37. The van der Waals surface area contributed by atoms with Crippen LogP contribution in [-0.2, 0) is 6.42 Å². The average Bonchev–Trinajstić information content (AvgIpc) is 2.94. The molecule has 2 aromatic rings. The molecule has 1 aliphatic carbocycles. The second-order valence-corrected chi connectivity index (χ2v) is 5.37. The highest BCUT2D eigenvalue weighted by molar-refractivity contribution is 5.36. The Kier molecular flexibility index (Phi) is 3.97. The zero-order chi connectivity index (χ0) is 13.8. The maximum Gasteiger partial charge on any atom is 0.129 e. The molecule has 5 heteroatoms. The third-order valence-corrected chi connectivity index (χ3v) is 3.77. The minimum absolute atomic E-state index is 0.347. The summed E-state index contributed by atoms with van der Waals surface area (Å²) in [5.41, 5.74) is 6.93. The van der Waals surface area contributed by atoms with Crippen LogP contribution in [0, 0.1) is 0 Å². The largest absolute Gasteiger partial charge is 0.469 e. The lowest BCUT2D eigenvalue weighted by Crippen LogP contribution is -2.35. The van der Waals surface area contributed by atoms with Gasteiger partial charge in [-0.2, -0.15) is 0 Å². The standard InChI is InChI=1S/C15H20N4O/c16-12-7-11(8-12)14-9-15(19-10-18-14)17-5-1-3-13-4-2-6-20-13/h2,4,6,9-12H,1,3,5,7-8,16H2,(H,17,18,19). The molecule has 0 aliphatic heterocycles. The van der Waals surface area contributed by atoms with Crippen molar-refractivity contribution in [2.24, 2.45) is 5.73 Å². The summed E-state index contributed by atoms with van der Waals surface area (Å²) in [5, 5.41) is 3.34. The van der Waals surface area contributed by atoms with Crippen molar-refractivity contribution >= 4 is 5.82 Å². The zero-order valence-electron chi connectivity index (χ0n) is 11.5. The highest BCUT2D eigenvalue weighted by atomic mass is 16.3. The molecule has 0 atom stereocenters. The minimum atomic E-state index is 0.347. The molecule has 2 heterocycles. The Morgan fingerprint density at radius 2 is 2.25 bits per heavy atom. The molecule has 0 unspecified atom stereocenters.